The molecule has 6 nitrogen and oxygen atoms in total. The second kappa shape index (κ2) is 6.64. The van der Waals surface area contributed by atoms with Crippen molar-refractivity contribution in [3.05, 3.63) is 71.6 Å². The van der Waals surface area contributed by atoms with Crippen molar-refractivity contribution >= 4 is 17.4 Å². The van der Waals surface area contributed by atoms with Gasteiger partial charge in [0.1, 0.15) is 11.6 Å². The number of hydrogen-bond donors (Lipinski definition) is 1. The summed E-state index contributed by atoms with van der Waals surface area (Å²) < 4.78 is 14.5. The highest BCUT2D eigenvalue weighted by molar-refractivity contribution is 6.02. The van der Waals surface area contributed by atoms with Gasteiger partial charge in [0, 0.05) is 11.3 Å². The SMILES string of the molecule is CC(=O)c1cccc(NC(=O)c2nc(C)n(-c3ccc(F)cc3)n2)c1. The summed E-state index contributed by atoms with van der Waals surface area (Å²) in [4.78, 5) is 27.9. The number of carbonyl (C=O) groups excluding carboxylic acids is 2. The van der Waals surface area contributed by atoms with Crippen molar-refractivity contribution in [3.63, 3.8) is 0 Å². The number of amides is 1. The predicted molar refractivity (Wildman–Crippen MR) is 90.5 cm³/mol. The minimum Gasteiger partial charge on any atom is -0.319 e. The van der Waals surface area contributed by atoms with Crippen LogP contribution in [0.5, 0.6) is 0 Å². The summed E-state index contributed by atoms with van der Waals surface area (Å²) in [6.45, 7) is 3.15. The maximum atomic E-state index is 13.0. The van der Waals surface area contributed by atoms with Gasteiger partial charge in [0.15, 0.2) is 5.78 Å². The van der Waals surface area contributed by atoms with Crippen LogP contribution in [0.1, 0.15) is 33.7 Å². The predicted octanol–water partition coefficient (Wildman–Crippen LogP) is 3.17. The van der Waals surface area contributed by atoms with Crippen LogP contribution in [0.2, 0.25) is 0 Å². The number of aromatic nitrogens is 3. The maximum Gasteiger partial charge on any atom is 0.295 e. The second-order valence-electron chi connectivity index (χ2n) is 5.46. The molecule has 0 bridgehead atoms. The minimum absolute atomic E-state index is 0.0185. The molecule has 25 heavy (non-hydrogen) atoms. The Hall–Kier alpha value is -3.35. The second-order valence-corrected chi connectivity index (χ2v) is 5.46. The monoisotopic (exact) mass is 338 g/mol. The highest BCUT2D eigenvalue weighted by Crippen LogP contribution is 2.14. The maximum absolute atomic E-state index is 13.0. The fourth-order valence-electron chi connectivity index (χ4n) is 2.32. The summed E-state index contributed by atoms with van der Waals surface area (Å²) in [5, 5.41) is 6.83. The molecule has 2 aromatic carbocycles. The molecule has 1 amide bonds. The third-order valence-electron chi connectivity index (χ3n) is 3.57. The summed E-state index contributed by atoms with van der Waals surface area (Å²) in [5.74, 6) is -0.468. The van der Waals surface area contributed by atoms with E-state index in [1.54, 1.807) is 43.3 Å². The molecule has 0 unspecified atom stereocenters. The molecular weight excluding hydrogens is 323 g/mol. The van der Waals surface area contributed by atoms with E-state index in [0.717, 1.165) is 0 Å². The number of nitrogens with zero attached hydrogens (tertiary/aromatic N) is 3. The number of aryl methyl sites for hydroxylation is 1. The zero-order valence-electron chi connectivity index (χ0n) is 13.7. The van der Waals surface area contributed by atoms with Crippen molar-refractivity contribution in [2.45, 2.75) is 13.8 Å². The van der Waals surface area contributed by atoms with E-state index in [-0.39, 0.29) is 17.4 Å². The highest BCUT2D eigenvalue weighted by atomic mass is 19.1. The lowest BCUT2D eigenvalue weighted by Crippen LogP contribution is -2.14. The molecule has 126 valence electrons. The van der Waals surface area contributed by atoms with E-state index in [1.807, 2.05) is 0 Å². The lowest BCUT2D eigenvalue weighted by molar-refractivity contribution is 0.100. The van der Waals surface area contributed by atoms with Crippen LogP contribution in [0.15, 0.2) is 48.5 Å². The van der Waals surface area contributed by atoms with Crippen molar-refractivity contribution < 1.29 is 14.0 Å². The van der Waals surface area contributed by atoms with E-state index >= 15 is 0 Å². The number of anilines is 1. The topological polar surface area (TPSA) is 76.9 Å². The van der Waals surface area contributed by atoms with E-state index in [1.165, 1.54) is 23.7 Å². The quantitative estimate of drug-likeness (QED) is 0.741. The van der Waals surface area contributed by atoms with E-state index in [4.69, 9.17) is 0 Å². The average molecular weight is 338 g/mol. The van der Waals surface area contributed by atoms with Crippen LogP contribution in [0.3, 0.4) is 0 Å². The Kier molecular flexibility index (Phi) is 4.38. The molecule has 0 saturated heterocycles. The van der Waals surface area contributed by atoms with Crippen LogP contribution in [0.4, 0.5) is 10.1 Å². The van der Waals surface area contributed by atoms with E-state index in [2.05, 4.69) is 15.4 Å². The molecule has 3 aromatic rings. The first-order chi connectivity index (χ1) is 11.9. The Bertz CT molecular complexity index is 948. The van der Waals surface area contributed by atoms with Gasteiger partial charge in [0.05, 0.1) is 5.69 Å². The van der Waals surface area contributed by atoms with Gasteiger partial charge in [-0.15, -0.1) is 5.10 Å². The van der Waals surface area contributed by atoms with Crippen LogP contribution in [0.25, 0.3) is 5.69 Å². The molecule has 0 radical (unpaired) electrons. The van der Waals surface area contributed by atoms with Crippen molar-refractivity contribution in [2.75, 3.05) is 5.32 Å². The van der Waals surface area contributed by atoms with Gasteiger partial charge in [0.25, 0.3) is 5.91 Å². The summed E-state index contributed by atoms with van der Waals surface area (Å²) in [5.41, 5.74) is 1.58. The van der Waals surface area contributed by atoms with Gasteiger partial charge in [-0.05, 0) is 50.2 Å². The molecule has 1 heterocycles. The Morgan fingerprint density at radius 1 is 1.12 bits per heavy atom. The van der Waals surface area contributed by atoms with Crippen molar-refractivity contribution in [3.8, 4) is 5.69 Å². The number of rotatable bonds is 4. The Morgan fingerprint density at radius 3 is 2.52 bits per heavy atom. The Balaban J connectivity index is 1.84. The lowest BCUT2D eigenvalue weighted by Gasteiger charge is -2.04. The molecule has 0 aliphatic heterocycles. The number of Topliss-reactive ketones (excluding diaryl/α,β-unsaturated/α-hetero) is 1. The molecular formula is C18H15FN4O2. The van der Waals surface area contributed by atoms with E-state index < -0.39 is 5.91 Å². The van der Waals surface area contributed by atoms with Gasteiger partial charge >= 0.3 is 0 Å². The number of halogens is 1. The molecule has 1 N–H and O–H groups in total. The fourth-order valence-corrected chi connectivity index (χ4v) is 2.32. The lowest BCUT2D eigenvalue weighted by atomic mass is 10.1. The highest BCUT2D eigenvalue weighted by Gasteiger charge is 2.16. The van der Waals surface area contributed by atoms with Crippen molar-refractivity contribution in [1.29, 1.82) is 0 Å². The van der Waals surface area contributed by atoms with E-state index in [9.17, 15) is 14.0 Å². The standard InChI is InChI=1S/C18H15FN4O2/c1-11(24)13-4-3-5-15(10-13)21-18(25)17-20-12(2)23(22-17)16-8-6-14(19)7-9-16/h3-10H,1-2H3,(H,21,25). The molecule has 0 atom stereocenters. The van der Waals surface area contributed by atoms with Crippen LogP contribution in [-0.2, 0) is 0 Å². The summed E-state index contributed by atoms with van der Waals surface area (Å²) >= 11 is 0. The largest absolute Gasteiger partial charge is 0.319 e. The molecule has 0 saturated carbocycles. The van der Waals surface area contributed by atoms with Crippen LogP contribution in [-0.4, -0.2) is 26.5 Å². The first kappa shape index (κ1) is 16.5. The normalized spacial score (nSPS) is 10.5. The van der Waals surface area contributed by atoms with Crippen LogP contribution in [0, 0.1) is 12.7 Å². The number of nitrogens with one attached hydrogen (secondary N) is 1. The first-order valence-corrected chi connectivity index (χ1v) is 7.56. The van der Waals surface area contributed by atoms with Gasteiger partial charge in [0.2, 0.25) is 5.82 Å². The van der Waals surface area contributed by atoms with E-state index in [0.29, 0.717) is 22.8 Å². The summed E-state index contributed by atoms with van der Waals surface area (Å²) in [6, 6.07) is 12.3. The van der Waals surface area contributed by atoms with Gasteiger partial charge in [-0.25, -0.2) is 14.1 Å². The minimum atomic E-state index is -0.496. The fraction of sp³-hybridized carbons (Fsp3) is 0.111. The third kappa shape index (κ3) is 3.60. The third-order valence-corrected chi connectivity index (χ3v) is 3.57. The Labute approximate surface area is 143 Å². The number of ketones is 1. The Morgan fingerprint density at radius 2 is 1.84 bits per heavy atom. The summed E-state index contributed by atoms with van der Waals surface area (Å²) in [6.07, 6.45) is 0. The summed E-state index contributed by atoms with van der Waals surface area (Å²) in [7, 11) is 0. The number of hydrogen-bond acceptors (Lipinski definition) is 4. The van der Waals surface area contributed by atoms with Crippen molar-refractivity contribution in [1.82, 2.24) is 14.8 Å². The number of carbonyl (C=O) groups is 2. The smallest absolute Gasteiger partial charge is 0.295 e. The molecule has 3 rings (SSSR count). The van der Waals surface area contributed by atoms with Gasteiger partial charge in [-0.3, -0.25) is 9.59 Å². The molecule has 0 aliphatic carbocycles. The van der Waals surface area contributed by atoms with Gasteiger partial charge in [-0.1, -0.05) is 12.1 Å². The van der Waals surface area contributed by atoms with Gasteiger partial charge < -0.3 is 5.32 Å². The average Bonchev–Trinajstić information content (AvgIpc) is 2.98. The molecule has 0 fully saturated rings. The molecule has 7 heteroatoms. The zero-order chi connectivity index (χ0) is 18.0. The first-order valence-electron chi connectivity index (χ1n) is 7.56. The van der Waals surface area contributed by atoms with Crippen LogP contribution < -0.4 is 5.32 Å². The molecule has 0 aliphatic rings. The molecule has 1 aromatic heterocycles. The zero-order valence-corrected chi connectivity index (χ0v) is 13.7. The number of benzene rings is 2. The van der Waals surface area contributed by atoms with Gasteiger partial charge in [-0.2, -0.15) is 0 Å². The van der Waals surface area contributed by atoms with Crippen molar-refractivity contribution in [2.24, 2.45) is 0 Å². The van der Waals surface area contributed by atoms with Crippen LogP contribution >= 0.6 is 0 Å². The molecule has 0 spiro atoms.